The van der Waals surface area contributed by atoms with Gasteiger partial charge in [0.1, 0.15) is 18.1 Å². The summed E-state index contributed by atoms with van der Waals surface area (Å²) in [5.74, 6) is 0.512. The van der Waals surface area contributed by atoms with E-state index in [1.54, 1.807) is 14.2 Å². The zero-order valence-electron chi connectivity index (χ0n) is 17.1. The molecule has 6 nitrogen and oxygen atoms in total. The highest BCUT2D eigenvalue weighted by Gasteiger charge is 2.30. The van der Waals surface area contributed by atoms with Gasteiger partial charge in [-0.2, -0.15) is 13.2 Å². The van der Waals surface area contributed by atoms with Crippen molar-refractivity contribution in [2.45, 2.75) is 25.7 Å². The second-order valence-electron chi connectivity index (χ2n) is 6.83. The molecule has 9 heteroatoms. The molecule has 1 heterocycles. The lowest BCUT2D eigenvalue weighted by Gasteiger charge is -2.25. The number of nitrogens with zero attached hydrogens (tertiary/aromatic N) is 2. The molecule has 0 N–H and O–H groups in total. The first-order valence-corrected chi connectivity index (χ1v) is 9.36. The lowest BCUT2D eigenvalue weighted by atomic mass is 10.1. The first kappa shape index (κ1) is 22.2. The molecule has 0 fully saturated rings. The molecule has 0 saturated heterocycles. The van der Waals surface area contributed by atoms with Gasteiger partial charge in [-0.25, -0.2) is 0 Å². The molecule has 0 aliphatic carbocycles. The number of benzene rings is 2. The topological polar surface area (TPSA) is 64.8 Å². The number of amides is 1. The summed E-state index contributed by atoms with van der Waals surface area (Å²) in [5.41, 5.74) is 0.0785. The van der Waals surface area contributed by atoms with Crippen molar-refractivity contribution in [1.82, 2.24) is 10.1 Å². The summed E-state index contributed by atoms with van der Waals surface area (Å²) >= 11 is 0. The third kappa shape index (κ3) is 5.17. The van der Waals surface area contributed by atoms with Crippen LogP contribution in [0.1, 0.15) is 40.3 Å². The molecule has 0 aliphatic rings. The van der Waals surface area contributed by atoms with Gasteiger partial charge in [-0.05, 0) is 31.2 Å². The molecular formula is C22H21F3N2O4. The van der Waals surface area contributed by atoms with Crippen LogP contribution in [0.3, 0.4) is 0 Å². The molecule has 0 aliphatic heterocycles. The summed E-state index contributed by atoms with van der Waals surface area (Å²) in [6, 6.07) is 13.0. The molecule has 164 valence electrons. The monoisotopic (exact) mass is 434 g/mol. The molecule has 1 unspecified atom stereocenters. The Labute approximate surface area is 177 Å². The second-order valence-corrected chi connectivity index (χ2v) is 6.83. The number of aromatic nitrogens is 1. The number of hydrogen-bond acceptors (Lipinski definition) is 5. The lowest BCUT2D eigenvalue weighted by molar-refractivity contribution is -0.137. The molecule has 0 bridgehead atoms. The van der Waals surface area contributed by atoms with Gasteiger partial charge in [-0.15, -0.1) is 0 Å². The van der Waals surface area contributed by atoms with Crippen LogP contribution < -0.4 is 9.47 Å². The molecule has 0 spiro atoms. The first-order chi connectivity index (χ1) is 14.7. The van der Waals surface area contributed by atoms with E-state index < -0.39 is 11.7 Å². The Morgan fingerprint density at radius 1 is 1.16 bits per heavy atom. The molecular weight excluding hydrogens is 413 g/mol. The van der Waals surface area contributed by atoms with Gasteiger partial charge in [0.15, 0.2) is 11.5 Å². The standard InChI is InChI=1S/C22H21F3N2O4/c1-14(18-9-4-5-10-20(18)29-3)27(2)21(28)19-12-17(31-26-19)13-30-16-8-6-7-15(11-16)22(23,24)25/h4-12,14H,13H2,1-3H3. The van der Waals surface area contributed by atoms with Crippen LogP contribution in [0.25, 0.3) is 0 Å². The number of carbonyl (C=O) groups is 1. The molecule has 31 heavy (non-hydrogen) atoms. The maximum Gasteiger partial charge on any atom is 0.416 e. The molecule has 1 atom stereocenters. The van der Waals surface area contributed by atoms with Crippen molar-refractivity contribution >= 4 is 5.91 Å². The number of methoxy groups -OCH3 is 1. The van der Waals surface area contributed by atoms with E-state index in [1.807, 2.05) is 31.2 Å². The van der Waals surface area contributed by atoms with Crippen molar-refractivity contribution in [3.63, 3.8) is 0 Å². The summed E-state index contributed by atoms with van der Waals surface area (Å²) in [4.78, 5) is 14.3. The van der Waals surface area contributed by atoms with Crippen LogP contribution in [-0.2, 0) is 12.8 Å². The van der Waals surface area contributed by atoms with Gasteiger partial charge in [0.2, 0.25) is 0 Å². The Morgan fingerprint density at radius 3 is 2.61 bits per heavy atom. The zero-order chi connectivity index (χ0) is 22.6. The predicted octanol–water partition coefficient (Wildman–Crippen LogP) is 5.11. The maximum absolute atomic E-state index is 12.8. The fourth-order valence-electron chi connectivity index (χ4n) is 2.98. The minimum atomic E-state index is -4.46. The fourth-order valence-corrected chi connectivity index (χ4v) is 2.98. The minimum absolute atomic E-state index is 0.0287. The highest BCUT2D eigenvalue weighted by molar-refractivity contribution is 5.92. The van der Waals surface area contributed by atoms with Gasteiger partial charge in [0.05, 0.1) is 18.7 Å². The van der Waals surface area contributed by atoms with E-state index in [0.717, 1.165) is 17.7 Å². The Balaban J connectivity index is 1.67. The Hall–Kier alpha value is -3.49. The van der Waals surface area contributed by atoms with Crippen molar-refractivity contribution in [2.75, 3.05) is 14.2 Å². The molecule has 3 rings (SSSR count). The van der Waals surface area contributed by atoms with E-state index in [9.17, 15) is 18.0 Å². The highest BCUT2D eigenvalue weighted by Crippen LogP contribution is 2.32. The number of para-hydroxylation sites is 1. The predicted molar refractivity (Wildman–Crippen MR) is 106 cm³/mol. The van der Waals surface area contributed by atoms with Crippen molar-refractivity contribution in [2.24, 2.45) is 0 Å². The number of carbonyl (C=O) groups excluding carboxylic acids is 1. The van der Waals surface area contributed by atoms with E-state index >= 15 is 0 Å². The second kappa shape index (κ2) is 9.11. The molecule has 2 aromatic carbocycles. The number of halogens is 3. The normalized spacial score (nSPS) is 12.3. The number of alkyl halides is 3. The Kier molecular flexibility index (Phi) is 6.53. The summed E-state index contributed by atoms with van der Waals surface area (Å²) in [5, 5.41) is 3.77. The molecule has 0 saturated carbocycles. The SMILES string of the molecule is COc1ccccc1C(C)N(C)C(=O)c1cc(COc2cccc(C(F)(F)F)c2)on1. The van der Waals surface area contributed by atoms with Gasteiger partial charge in [0, 0.05) is 18.7 Å². The van der Waals surface area contributed by atoms with E-state index in [-0.39, 0.29) is 35.8 Å². The van der Waals surface area contributed by atoms with Crippen molar-refractivity contribution in [3.8, 4) is 11.5 Å². The summed E-state index contributed by atoms with van der Waals surface area (Å²) in [6.07, 6.45) is -4.46. The molecule has 1 amide bonds. The van der Waals surface area contributed by atoms with Gasteiger partial charge < -0.3 is 18.9 Å². The Bertz CT molecular complexity index is 1050. The fraction of sp³-hybridized carbons (Fsp3) is 0.273. The Morgan fingerprint density at radius 2 is 1.90 bits per heavy atom. The summed E-state index contributed by atoms with van der Waals surface area (Å²) < 4.78 is 54.2. The molecule has 1 aromatic heterocycles. The van der Waals surface area contributed by atoms with Crippen molar-refractivity contribution < 1.29 is 32.0 Å². The van der Waals surface area contributed by atoms with Gasteiger partial charge in [0.25, 0.3) is 5.91 Å². The van der Waals surface area contributed by atoms with Gasteiger partial charge in [-0.3, -0.25) is 4.79 Å². The number of hydrogen-bond donors (Lipinski definition) is 0. The first-order valence-electron chi connectivity index (χ1n) is 9.36. The highest BCUT2D eigenvalue weighted by atomic mass is 19.4. The van der Waals surface area contributed by atoms with Crippen LogP contribution in [0.2, 0.25) is 0 Å². The van der Waals surface area contributed by atoms with Crippen LogP contribution in [-0.4, -0.2) is 30.1 Å². The average Bonchev–Trinajstić information content (AvgIpc) is 3.25. The van der Waals surface area contributed by atoms with E-state index in [1.165, 1.54) is 23.1 Å². The smallest absolute Gasteiger partial charge is 0.416 e. The van der Waals surface area contributed by atoms with E-state index in [0.29, 0.717) is 5.75 Å². The molecule has 0 radical (unpaired) electrons. The van der Waals surface area contributed by atoms with Crippen LogP contribution in [0.5, 0.6) is 11.5 Å². The zero-order valence-corrected chi connectivity index (χ0v) is 17.1. The third-order valence-corrected chi connectivity index (χ3v) is 4.81. The number of ether oxygens (including phenoxy) is 2. The average molecular weight is 434 g/mol. The quantitative estimate of drug-likeness (QED) is 0.517. The van der Waals surface area contributed by atoms with Gasteiger partial charge in [-0.1, -0.05) is 29.4 Å². The lowest BCUT2D eigenvalue weighted by Crippen LogP contribution is -2.30. The summed E-state index contributed by atoms with van der Waals surface area (Å²) in [7, 11) is 3.19. The van der Waals surface area contributed by atoms with Crippen LogP contribution in [0.4, 0.5) is 13.2 Å². The van der Waals surface area contributed by atoms with E-state index in [4.69, 9.17) is 14.0 Å². The third-order valence-electron chi connectivity index (χ3n) is 4.81. The summed E-state index contributed by atoms with van der Waals surface area (Å²) in [6.45, 7) is 1.68. The van der Waals surface area contributed by atoms with Crippen LogP contribution >= 0.6 is 0 Å². The van der Waals surface area contributed by atoms with Crippen LogP contribution in [0, 0.1) is 0 Å². The van der Waals surface area contributed by atoms with Crippen molar-refractivity contribution in [1.29, 1.82) is 0 Å². The number of rotatable bonds is 7. The maximum atomic E-state index is 12.8. The van der Waals surface area contributed by atoms with E-state index in [2.05, 4.69) is 5.16 Å². The van der Waals surface area contributed by atoms with Gasteiger partial charge >= 0.3 is 6.18 Å². The van der Waals surface area contributed by atoms with Crippen LogP contribution in [0.15, 0.2) is 59.1 Å². The minimum Gasteiger partial charge on any atom is -0.496 e. The largest absolute Gasteiger partial charge is 0.496 e. The molecule has 3 aromatic rings. The van der Waals surface area contributed by atoms with Crippen molar-refractivity contribution in [3.05, 3.63) is 77.2 Å².